The molecule has 0 amide bonds. The number of para-hydroxylation sites is 2. The number of allylic oxidation sites excluding steroid dienone is 2. The maximum atomic E-state index is 6.77. The summed E-state index contributed by atoms with van der Waals surface area (Å²) in [5.41, 5.74) is 19.9. The highest BCUT2D eigenvalue weighted by molar-refractivity contribution is 8.02. The second-order valence-corrected chi connectivity index (χ2v) is 13.3. The number of hydrogen-bond donors (Lipinski definition) is 3. The van der Waals surface area contributed by atoms with Crippen molar-refractivity contribution in [1.82, 2.24) is 5.43 Å². The second kappa shape index (κ2) is 18.7. The Balaban J connectivity index is 0.000000224. The van der Waals surface area contributed by atoms with Gasteiger partial charge in [0.15, 0.2) is 0 Å². The van der Waals surface area contributed by atoms with E-state index in [0.717, 1.165) is 59.0 Å². The van der Waals surface area contributed by atoms with E-state index in [1.807, 2.05) is 104 Å². The first-order valence-corrected chi connectivity index (χ1v) is 18.7. The van der Waals surface area contributed by atoms with Gasteiger partial charge in [0.2, 0.25) is 0 Å². The smallest absolute Gasteiger partial charge is 0.131 e. The molecule has 1 aliphatic rings. The number of hydrazine groups is 1. The van der Waals surface area contributed by atoms with Gasteiger partial charge < -0.3 is 15.9 Å². The maximum Gasteiger partial charge on any atom is 0.131 e. The van der Waals surface area contributed by atoms with Gasteiger partial charge in [-0.15, -0.1) is 11.8 Å². The molecule has 4 nitrogen and oxygen atoms in total. The van der Waals surface area contributed by atoms with Crippen LogP contribution < -0.4 is 21.7 Å². The van der Waals surface area contributed by atoms with E-state index in [2.05, 4.69) is 86.0 Å². The third-order valence-corrected chi connectivity index (χ3v) is 9.99. The number of hydrogen-bond acceptors (Lipinski definition) is 5. The summed E-state index contributed by atoms with van der Waals surface area (Å²) in [5.74, 6) is 8.19. The van der Waals surface area contributed by atoms with Crippen LogP contribution in [0.5, 0.6) is 11.5 Å². The van der Waals surface area contributed by atoms with Gasteiger partial charge >= 0.3 is 0 Å². The topological polar surface area (TPSA) is 73.3 Å². The largest absolute Gasteiger partial charge is 0.457 e. The van der Waals surface area contributed by atoms with Crippen LogP contribution in [0.4, 0.5) is 0 Å². The number of benzene rings is 6. The van der Waals surface area contributed by atoms with Crippen molar-refractivity contribution in [3.8, 4) is 11.5 Å². The number of rotatable bonds is 9. The first-order chi connectivity index (χ1) is 25.0. The zero-order chi connectivity index (χ0) is 36.0. The summed E-state index contributed by atoms with van der Waals surface area (Å²) >= 11 is 1.84. The van der Waals surface area contributed by atoms with Crippen molar-refractivity contribution in [3.05, 3.63) is 189 Å². The number of nitrogens with one attached hydrogen (secondary N) is 1. The van der Waals surface area contributed by atoms with Crippen molar-refractivity contribution in [2.45, 2.75) is 52.7 Å². The second-order valence-electron chi connectivity index (χ2n) is 12.2. The van der Waals surface area contributed by atoms with Crippen LogP contribution >= 0.6 is 11.8 Å². The third-order valence-electron chi connectivity index (χ3n) is 8.77. The molecule has 0 saturated heterocycles. The number of aryl methyl sites for hydroxylation is 3. The zero-order valence-electron chi connectivity index (χ0n) is 30.2. The van der Waals surface area contributed by atoms with Crippen molar-refractivity contribution in [2.24, 2.45) is 11.6 Å². The van der Waals surface area contributed by atoms with Crippen LogP contribution in [0.1, 0.15) is 59.2 Å². The lowest BCUT2D eigenvalue weighted by molar-refractivity contribution is 0.475. The monoisotopic (exact) mass is 691 g/mol. The molecule has 0 saturated carbocycles. The van der Waals surface area contributed by atoms with E-state index in [1.54, 1.807) is 0 Å². The first kappa shape index (κ1) is 37.0. The highest BCUT2D eigenvalue weighted by atomic mass is 32.2. The van der Waals surface area contributed by atoms with Crippen LogP contribution in [0.15, 0.2) is 151 Å². The molecule has 0 fully saturated rings. The fraction of sp³-hybridized carbons (Fsp3) is 0.174. The lowest BCUT2D eigenvalue weighted by atomic mass is 9.89. The molecule has 7 rings (SSSR count). The minimum absolute atomic E-state index is 0.831. The molecule has 0 radical (unpaired) electrons. The summed E-state index contributed by atoms with van der Waals surface area (Å²) in [7, 11) is 0. The Hall–Kier alpha value is -5.23. The highest BCUT2D eigenvalue weighted by Gasteiger charge is 2.20. The third kappa shape index (κ3) is 9.72. The number of ether oxygens (including phenoxy) is 1. The van der Waals surface area contributed by atoms with Crippen molar-refractivity contribution < 1.29 is 4.74 Å². The summed E-state index contributed by atoms with van der Waals surface area (Å²) in [6, 6.07) is 47.9. The van der Waals surface area contributed by atoms with Gasteiger partial charge in [0.05, 0.1) is 5.70 Å². The summed E-state index contributed by atoms with van der Waals surface area (Å²) in [6.07, 6.45) is 4.99. The summed E-state index contributed by atoms with van der Waals surface area (Å²) < 4.78 is 6.27. The Bertz CT molecular complexity index is 2090. The van der Waals surface area contributed by atoms with E-state index < -0.39 is 0 Å². The molecule has 6 aromatic carbocycles. The Morgan fingerprint density at radius 2 is 1.41 bits per heavy atom. The van der Waals surface area contributed by atoms with E-state index in [4.69, 9.17) is 16.3 Å². The standard InChI is InChI=1S/C29H27NOS.C15H16N2.C2H6/c1-19-11-15-24-22(17-19)13-12-21-14-16-27(29(30)28(21)24)32-18-23-8-4-6-10-26(23)31-25-9-5-3-7-20(25)2;16-17-15(14-9-5-2-6-10-14)12-11-13-7-3-1-4-8-13;1-2/h3-13,15,17H,14,16,18,30H2,1-2H3;1-10,12,17H,11,16H2;1-2H3/b;15-12-;. The summed E-state index contributed by atoms with van der Waals surface area (Å²) in [6.45, 7) is 8.21. The fourth-order valence-electron chi connectivity index (χ4n) is 6.08. The van der Waals surface area contributed by atoms with Gasteiger partial charge in [-0.1, -0.05) is 153 Å². The van der Waals surface area contributed by atoms with Gasteiger partial charge in [-0.05, 0) is 78.3 Å². The van der Waals surface area contributed by atoms with Crippen molar-refractivity contribution >= 4 is 33.9 Å². The van der Waals surface area contributed by atoms with E-state index in [9.17, 15) is 0 Å². The predicted octanol–water partition coefficient (Wildman–Crippen LogP) is 11.5. The fourth-order valence-corrected chi connectivity index (χ4v) is 7.15. The quantitative estimate of drug-likeness (QED) is 0.104. The zero-order valence-corrected chi connectivity index (χ0v) is 31.0. The molecule has 51 heavy (non-hydrogen) atoms. The van der Waals surface area contributed by atoms with Gasteiger partial charge in [0, 0.05) is 27.5 Å². The van der Waals surface area contributed by atoms with Crippen LogP contribution in [0, 0.1) is 13.8 Å². The van der Waals surface area contributed by atoms with E-state index in [-0.39, 0.29) is 0 Å². The van der Waals surface area contributed by atoms with Gasteiger partial charge in [-0.3, -0.25) is 5.84 Å². The molecule has 5 N–H and O–H groups in total. The molecular weight excluding hydrogens is 643 g/mol. The molecule has 0 heterocycles. The number of thioether (sulfide) groups is 1. The SMILES string of the molecule is CC.Cc1ccc2c3c(ccc2c1)CCC(SCc1ccccc1Oc1ccccc1C)=C3N.NN/C(=C\Cc1ccccc1)c1ccccc1. The summed E-state index contributed by atoms with van der Waals surface area (Å²) in [5, 5.41) is 2.52. The number of fused-ring (bicyclic) bond motifs is 3. The van der Waals surface area contributed by atoms with E-state index in [0.29, 0.717) is 0 Å². The average Bonchev–Trinajstić information content (AvgIpc) is 3.18. The van der Waals surface area contributed by atoms with Gasteiger partial charge in [-0.25, -0.2) is 0 Å². The molecule has 0 aromatic heterocycles. The van der Waals surface area contributed by atoms with Crippen LogP contribution in [0.3, 0.4) is 0 Å². The summed E-state index contributed by atoms with van der Waals surface area (Å²) in [4.78, 5) is 1.27. The minimum atomic E-state index is 0.831. The molecule has 0 spiro atoms. The van der Waals surface area contributed by atoms with Crippen molar-refractivity contribution in [3.63, 3.8) is 0 Å². The Morgan fingerprint density at radius 1 is 0.745 bits per heavy atom. The lowest BCUT2D eigenvalue weighted by Crippen LogP contribution is -2.20. The van der Waals surface area contributed by atoms with Crippen LogP contribution in [-0.4, -0.2) is 0 Å². The van der Waals surface area contributed by atoms with E-state index >= 15 is 0 Å². The average molecular weight is 692 g/mol. The molecule has 0 atom stereocenters. The Morgan fingerprint density at radius 3 is 2.14 bits per heavy atom. The van der Waals surface area contributed by atoms with Gasteiger partial charge in [0.25, 0.3) is 0 Å². The molecule has 1 aliphatic carbocycles. The molecular formula is C46H49N3OS. The van der Waals surface area contributed by atoms with Gasteiger partial charge in [0.1, 0.15) is 11.5 Å². The van der Waals surface area contributed by atoms with Crippen LogP contribution in [0.2, 0.25) is 0 Å². The number of nitrogens with two attached hydrogens (primary N) is 2. The molecule has 0 bridgehead atoms. The molecule has 6 aromatic rings. The molecule has 260 valence electrons. The van der Waals surface area contributed by atoms with Crippen LogP contribution in [0.25, 0.3) is 22.2 Å². The van der Waals surface area contributed by atoms with Crippen molar-refractivity contribution in [1.29, 1.82) is 0 Å². The normalized spacial score (nSPS) is 12.2. The van der Waals surface area contributed by atoms with Crippen molar-refractivity contribution in [2.75, 3.05) is 0 Å². The minimum Gasteiger partial charge on any atom is -0.457 e. The van der Waals surface area contributed by atoms with Gasteiger partial charge in [-0.2, -0.15) is 0 Å². The van der Waals surface area contributed by atoms with Crippen LogP contribution in [-0.2, 0) is 18.6 Å². The molecule has 5 heteroatoms. The van der Waals surface area contributed by atoms with E-state index in [1.165, 1.54) is 43.5 Å². The Labute approximate surface area is 308 Å². The predicted molar refractivity (Wildman–Crippen MR) is 220 cm³/mol. The maximum absolute atomic E-state index is 6.77. The lowest BCUT2D eigenvalue weighted by Gasteiger charge is -2.23. The molecule has 0 aliphatic heterocycles. The molecule has 0 unspecified atom stereocenters. The first-order valence-electron chi connectivity index (χ1n) is 17.7. The highest BCUT2D eigenvalue weighted by Crippen LogP contribution is 2.40. The Kier molecular flexibility index (Phi) is 13.6.